The van der Waals surface area contributed by atoms with Crippen molar-refractivity contribution in [2.24, 2.45) is 0 Å². The van der Waals surface area contributed by atoms with Gasteiger partial charge in [-0.1, -0.05) is 29.8 Å². The first-order chi connectivity index (χ1) is 13.3. The zero-order valence-corrected chi connectivity index (χ0v) is 16.7. The monoisotopic (exact) mass is 392 g/mol. The molecule has 2 N–H and O–H groups in total. The van der Waals surface area contributed by atoms with Gasteiger partial charge in [0.25, 0.3) is 0 Å². The molecule has 2 aliphatic heterocycles. The van der Waals surface area contributed by atoms with Gasteiger partial charge >= 0.3 is 0 Å². The first kappa shape index (κ1) is 18.8. The van der Waals surface area contributed by atoms with Crippen molar-refractivity contribution in [3.63, 3.8) is 0 Å². The number of benzene rings is 1. The van der Waals surface area contributed by atoms with E-state index in [1.807, 2.05) is 16.8 Å². The van der Waals surface area contributed by atoms with E-state index >= 15 is 0 Å². The lowest BCUT2D eigenvalue weighted by molar-refractivity contribution is -1.02. The Balaban J connectivity index is 1.64. The van der Waals surface area contributed by atoms with Gasteiger partial charge in [0.1, 0.15) is 26.2 Å². The van der Waals surface area contributed by atoms with E-state index in [2.05, 4.69) is 34.6 Å². The van der Waals surface area contributed by atoms with E-state index in [4.69, 9.17) is 16.3 Å². The van der Waals surface area contributed by atoms with Crippen molar-refractivity contribution < 1.29 is 14.5 Å². The normalized spacial score (nSPS) is 27.0. The van der Waals surface area contributed by atoms with Crippen LogP contribution in [-0.2, 0) is 11.3 Å². The summed E-state index contributed by atoms with van der Waals surface area (Å²) in [5.41, 5.74) is 1.11. The third-order valence-electron chi connectivity index (χ3n) is 5.94. The molecule has 2 aromatic rings. The number of nitrogens with zero attached hydrogens (tertiary/aromatic N) is 4. The highest BCUT2D eigenvalue weighted by atomic mass is 35.5. The molecule has 0 bridgehead atoms. The molecule has 3 heterocycles. The van der Waals surface area contributed by atoms with Gasteiger partial charge in [-0.15, -0.1) is 5.10 Å². The van der Waals surface area contributed by atoms with E-state index in [1.54, 1.807) is 4.90 Å². The minimum atomic E-state index is 0.0495. The Bertz CT molecular complexity index is 739. The molecule has 0 aliphatic carbocycles. The fourth-order valence-corrected chi connectivity index (χ4v) is 4.59. The van der Waals surface area contributed by atoms with Crippen LogP contribution < -0.4 is 9.80 Å². The van der Waals surface area contributed by atoms with Gasteiger partial charge in [-0.3, -0.25) is 0 Å². The fraction of sp³-hybridized carbons (Fsp3) is 0.632. The Kier molecular flexibility index (Phi) is 6.02. The number of hydrogen-bond acceptors (Lipinski definition) is 4. The van der Waals surface area contributed by atoms with E-state index in [9.17, 15) is 0 Å². The zero-order valence-electron chi connectivity index (χ0n) is 15.9. The summed E-state index contributed by atoms with van der Waals surface area (Å²) < 4.78 is 7.75. The Morgan fingerprint density at radius 1 is 1.26 bits per heavy atom. The molecule has 2 fully saturated rings. The zero-order chi connectivity index (χ0) is 18.6. The number of tetrazole rings is 1. The SMILES string of the molecule is CC[NH+]1CC[NH+]([C@@H](c2ccccc2Cl)c2nnnn2C[C@H]2CCCO2)CC1. The molecule has 0 radical (unpaired) electrons. The van der Waals surface area contributed by atoms with Crippen molar-refractivity contribution in [1.29, 1.82) is 0 Å². The van der Waals surface area contributed by atoms with Crippen LogP contribution in [-0.4, -0.2) is 65.6 Å². The van der Waals surface area contributed by atoms with E-state index in [0.29, 0.717) is 6.54 Å². The first-order valence-corrected chi connectivity index (χ1v) is 10.4. The number of ether oxygens (including phenoxy) is 1. The Morgan fingerprint density at radius 3 is 2.78 bits per heavy atom. The first-order valence-electron chi connectivity index (χ1n) is 10.1. The molecular weight excluding hydrogens is 364 g/mol. The van der Waals surface area contributed by atoms with Crippen molar-refractivity contribution in [3.05, 3.63) is 40.7 Å². The van der Waals surface area contributed by atoms with Gasteiger partial charge in [0.15, 0.2) is 6.04 Å². The number of nitrogens with one attached hydrogen (secondary N) is 2. The molecule has 2 saturated heterocycles. The largest absolute Gasteiger partial charge is 0.376 e. The second-order valence-electron chi connectivity index (χ2n) is 7.57. The number of hydrogen-bond donors (Lipinski definition) is 2. The van der Waals surface area contributed by atoms with Gasteiger partial charge in [0.2, 0.25) is 5.82 Å². The molecule has 0 saturated carbocycles. The highest BCUT2D eigenvalue weighted by Crippen LogP contribution is 2.25. The van der Waals surface area contributed by atoms with E-state index < -0.39 is 0 Å². The summed E-state index contributed by atoms with van der Waals surface area (Å²) in [5.74, 6) is 0.897. The number of aromatic nitrogens is 4. The second kappa shape index (κ2) is 8.65. The molecule has 146 valence electrons. The van der Waals surface area contributed by atoms with Crippen LogP contribution in [0.3, 0.4) is 0 Å². The minimum Gasteiger partial charge on any atom is -0.376 e. The number of likely N-dealkylation sites (N-methyl/N-ethyl adjacent to an activating group) is 1. The van der Waals surface area contributed by atoms with Crippen LogP contribution >= 0.6 is 11.6 Å². The molecule has 8 heteroatoms. The summed E-state index contributed by atoms with van der Waals surface area (Å²) in [6.07, 6.45) is 2.39. The lowest BCUT2D eigenvalue weighted by atomic mass is 10.0. The van der Waals surface area contributed by atoms with Crippen LogP contribution in [0.5, 0.6) is 0 Å². The summed E-state index contributed by atoms with van der Waals surface area (Å²) in [7, 11) is 0. The molecule has 4 rings (SSSR count). The maximum Gasteiger partial charge on any atom is 0.214 e. The van der Waals surface area contributed by atoms with Crippen LogP contribution in [0, 0.1) is 0 Å². The highest BCUT2D eigenvalue weighted by Gasteiger charge is 2.36. The van der Waals surface area contributed by atoms with Crippen molar-refractivity contribution in [3.8, 4) is 0 Å². The maximum atomic E-state index is 6.61. The van der Waals surface area contributed by atoms with Gasteiger partial charge in [-0.25, -0.2) is 4.68 Å². The van der Waals surface area contributed by atoms with Crippen molar-refractivity contribution in [1.82, 2.24) is 20.2 Å². The number of quaternary nitrogens is 2. The average Bonchev–Trinajstić information content (AvgIpc) is 3.37. The second-order valence-corrected chi connectivity index (χ2v) is 7.98. The molecular formula is C19H29ClN6O+2. The summed E-state index contributed by atoms with van der Waals surface area (Å²) in [6, 6.07) is 8.16. The van der Waals surface area contributed by atoms with E-state index in [1.165, 1.54) is 24.5 Å². The van der Waals surface area contributed by atoms with Crippen LogP contribution in [0.4, 0.5) is 0 Å². The molecule has 2 aliphatic rings. The topological polar surface area (TPSA) is 61.7 Å². The summed E-state index contributed by atoms with van der Waals surface area (Å²) in [4.78, 5) is 3.15. The summed E-state index contributed by atoms with van der Waals surface area (Å²) in [5, 5.41) is 13.5. The molecule has 1 aromatic heterocycles. The quantitative estimate of drug-likeness (QED) is 0.689. The predicted molar refractivity (Wildman–Crippen MR) is 102 cm³/mol. The van der Waals surface area contributed by atoms with E-state index in [0.717, 1.165) is 48.9 Å². The molecule has 0 spiro atoms. The van der Waals surface area contributed by atoms with Crippen LogP contribution in [0.15, 0.2) is 24.3 Å². The third kappa shape index (κ3) is 4.16. The average molecular weight is 393 g/mol. The van der Waals surface area contributed by atoms with Gasteiger partial charge < -0.3 is 14.5 Å². The fourth-order valence-electron chi connectivity index (χ4n) is 4.35. The van der Waals surface area contributed by atoms with Crippen molar-refractivity contribution in [2.45, 2.75) is 38.5 Å². The number of halogens is 1. The van der Waals surface area contributed by atoms with Crippen molar-refractivity contribution in [2.75, 3.05) is 39.3 Å². The number of piperazine rings is 1. The van der Waals surface area contributed by atoms with E-state index in [-0.39, 0.29) is 12.1 Å². The van der Waals surface area contributed by atoms with Gasteiger partial charge in [-0.05, 0) is 36.3 Å². The molecule has 27 heavy (non-hydrogen) atoms. The molecule has 1 aromatic carbocycles. The summed E-state index contributed by atoms with van der Waals surface area (Å²) in [6.45, 7) is 9.50. The molecule has 0 amide bonds. The van der Waals surface area contributed by atoms with Crippen LogP contribution in [0.1, 0.15) is 37.2 Å². The molecule has 7 nitrogen and oxygen atoms in total. The van der Waals surface area contributed by atoms with Crippen molar-refractivity contribution >= 4 is 11.6 Å². The number of rotatable bonds is 6. The van der Waals surface area contributed by atoms with Crippen LogP contribution in [0.2, 0.25) is 5.02 Å². The highest BCUT2D eigenvalue weighted by molar-refractivity contribution is 6.31. The summed E-state index contributed by atoms with van der Waals surface area (Å²) >= 11 is 6.61. The standard InChI is InChI=1S/C19H27ClN6O/c1-2-24-9-11-25(12-10-24)18(16-7-3-4-8-17(16)20)19-21-22-23-26(19)14-15-6-5-13-27-15/h3-4,7-8,15,18H,2,5-6,9-14H2,1H3/p+2/t15-,18+/m1/s1. The Morgan fingerprint density at radius 2 is 2.07 bits per heavy atom. The Labute approximate surface area is 165 Å². The predicted octanol–water partition coefficient (Wildman–Crippen LogP) is -0.602. The lowest BCUT2D eigenvalue weighted by Gasteiger charge is -2.34. The smallest absolute Gasteiger partial charge is 0.214 e. The maximum absolute atomic E-state index is 6.61. The van der Waals surface area contributed by atoms with Gasteiger partial charge in [0.05, 0.1) is 24.2 Å². The Hall–Kier alpha value is -1.54. The molecule has 0 unspecified atom stereocenters. The van der Waals surface area contributed by atoms with Gasteiger partial charge in [-0.2, -0.15) is 0 Å². The third-order valence-corrected chi connectivity index (χ3v) is 6.29. The molecule has 2 atom stereocenters. The lowest BCUT2D eigenvalue weighted by Crippen LogP contribution is -3.28. The van der Waals surface area contributed by atoms with Crippen LogP contribution in [0.25, 0.3) is 0 Å². The minimum absolute atomic E-state index is 0.0495. The van der Waals surface area contributed by atoms with Gasteiger partial charge in [0, 0.05) is 12.2 Å².